The molecule has 5 rings (SSSR count). The summed E-state index contributed by atoms with van der Waals surface area (Å²) in [5, 5.41) is 1.98. The number of Topliss-reactive ketones (excluding diaryl/α,β-unsaturated/α-hetero) is 1. The first-order chi connectivity index (χ1) is 19.9. The van der Waals surface area contributed by atoms with E-state index in [-0.39, 0.29) is 32.9 Å². The molecule has 42 heavy (non-hydrogen) atoms. The number of aliphatic imine (C=N–C) groups is 2. The van der Waals surface area contributed by atoms with Crippen LogP contribution in [-0.2, 0) is 25.9 Å². The van der Waals surface area contributed by atoms with E-state index >= 15 is 0 Å². The van der Waals surface area contributed by atoms with Crippen LogP contribution in [0.4, 0.5) is 0 Å². The van der Waals surface area contributed by atoms with E-state index in [0.717, 1.165) is 89.9 Å². The maximum absolute atomic E-state index is 14.0. The van der Waals surface area contributed by atoms with Crippen LogP contribution in [0.1, 0.15) is 100 Å². The Labute approximate surface area is 266 Å². The molecule has 1 unspecified atom stereocenters. The largest absolute Gasteiger partial charge is 0.357 e. The Balaban J connectivity index is 0.00000405. The zero-order valence-electron chi connectivity index (χ0n) is 26.6. The second kappa shape index (κ2) is 13.2. The van der Waals surface area contributed by atoms with Crippen molar-refractivity contribution in [2.45, 2.75) is 106 Å². The van der Waals surface area contributed by atoms with E-state index in [1.807, 2.05) is 0 Å². The monoisotopic (exact) mass is 745 g/mol. The van der Waals surface area contributed by atoms with Gasteiger partial charge < -0.3 is 9.88 Å². The van der Waals surface area contributed by atoms with Gasteiger partial charge in [0.1, 0.15) is 6.04 Å². The van der Waals surface area contributed by atoms with Gasteiger partial charge in [-0.1, -0.05) is 48.5 Å². The van der Waals surface area contributed by atoms with Gasteiger partial charge in [-0.15, -0.1) is 0 Å². The minimum absolute atomic E-state index is 0. The molecule has 8 bridgehead atoms. The van der Waals surface area contributed by atoms with Gasteiger partial charge in [-0.05, 0) is 98.4 Å². The fourth-order valence-electron chi connectivity index (χ4n) is 7.28. The van der Waals surface area contributed by atoms with E-state index in [4.69, 9.17) is 9.98 Å². The molecule has 1 aromatic heterocycles. The zero-order valence-corrected chi connectivity index (χ0v) is 28.9. The molecule has 1 aromatic rings. The maximum atomic E-state index is 14.0. The smallest absolute Gasteiger partial charge is 0.187 e. The van der Waals surface area contributed by atoms with Crippen molar-refractivity contribution in [1.82, 2.24) is 9.88 Å². The SMILES string of the molecule is CCC1=C(CC)C2=C(CC)C3=NC(=C(CC)C4=C(CC)C(=O)C(C=c5ccc([nH]5)=CC1=N2)N4CC)C(CC)=C3CC.[Pt]. The van der Waals surface area contributed by atoms with Crippen LogP contribution in [0.25, 0.3) is 12.2 Å². The Morgan fingerprint density at radius 2 is 1.21 bits per heavy atom. The second-order valence-corrected chi connectivity index (χ2v) is 11.1. The molecule has 6 heteroatoms. The van der Waals surface area contributed by atoms with Gasteiger partial charge >= 0.3 is 0 Å². The predicted molar refractivity (Wildman–Crippen MR) is 172 cm³/mol. The maximum Gasteiger partial charge on any atom is 0.187 e. The molecule has 0 saturated heterocycles. The minimum atomic E-state index is -0.324. The molecule has 0 radical (unpaired) electrons. The fraction of sp³-hybridized carbons (Fsp3) is 0.472. The molecule has 4 aliphatic rings. The van der Waals surface area contributed by atoms with Crippen LogP contribution in [0.3, 0.4) is 0 Å². The molecular weight excluding hydrogens is 700 g/mol. The van der Waals surface area contributed by atoms with Crippen LogP contribution in [0.15, 0.2) is 78.2 Å². The van der Waals surface area contributed by atoms with Crippen molar-refractivity contribution in [3.63, 3.8) is 0 Å². The predicted octanol–water partition coefficient (Wildman–Crippen LogP) is 6.99. The summed E-state index contributed by atoms with van der Waals surface area (Å²) in [6.07, 6.45) is 10.4. The van der Waals surface area contributed by atoms with E-state index in [1.165, 1.54) is 33.4 Å². The molecule has 5 nitrogen and oxygen atoms in total. The van der Waals surface area contributed by atoms with Gasteiger partial charge in [-0.25, -0.2) is 9.98 Å². The summed E-state index contributed by atoms with van der Waals surface area (Å²) >= 11 is 0. The number of nitrogens with one attached hydrogen (secondary N) is 1. The molecule has 0 amide bonds. The van der Waals surface area contributed by atoms with Crippen molar-refractivity contribution >= 4 is 29.4 Å². The summed E-state index contributed by atoms with van der Waals surface area (Å²) in [5.74, 6) is 0.212. The van der Waals surface area contributed by atoms with Crippen molar-refractivity contribution in [2.75, 3.05) is 6.54 Å². The van der Waals surface area contributed by atoms with Gasteiger partial charge in [-0.2, -0.15) is 0 Å². The topological polar surface area (TPSA) is 60.8 Å². The van der Waals surface area contributed by atoms with Crippen LogP contribution in [-0.4, -0.2) is 39.7 Å². The van der Waals surface area contributed by atoms with Gasteiger partial charge in [0.05, 0.1) is 22.8 Å². The van der Waals surface area contributed by atoms with E-state index in [9.17, 15) is 4.79 Å². The van der Waals surface area contributed by atoms with E-state index in [2.05, 4.69) is 89.6 Å². The average molecular weight is 746 g/mol. The Morgan fingerprint density at radius 1 is 0.667 bits per heavy atom. The van der Waals surface area contributed by atoms with Gasteiger partial charge in [0.2, 0.25) is 0 Å². The zero-order chi connectivity index (χ0) is 29.4. The number of hydrogen-bond acceptors (Lipinski definition) is 4. The average Bonchev–Trinajstić information content (AvgIpc) is 3.73. The number of aromatic nitrogens is 1. The summed E-state index contributed by atoms with van der Waals surface area (Å²) in [6.45, 7) is 18.5. The Bertz CT molecular complexity index is 1640. The van der Waals surface area contributed by atoms with Crippen molar-refractivity contribution in [2.24, 2.45) is 9.98 Å². The number of fused-ring (bicyclic) bond motifs is 6. The molecule has 226 valence electrons. The molecule has 5 heterocycles. The molecule has 0 spiro atoms. The minimum Gasteiger partial charge on any atom is -0.357 e. The number of ketones is 1. The van der Waals surface area contributed by atoms with Gasteiger partial charge in [0, 0.05) is 60.7 Å². The third kappa shape index (κ3) is 5.06. The number of allylic oxidation sites excluding steroid dienone is 6. The quantitative estimate of drug-likeness (QED) is 0.312. The first kappa shape index (κ1) is 32.1. The van der Waals surface area contributed by atoms with Crippen LogP contribution in [0.2, 0.25) is 0 Å². The normalized spacial score (nSPS) is 20.4. The van der Waals surface area contributed by atoms with Gasteiger partial charge in [0.25, 0.3) is 0 Å². The number of carbonyl (C=O) groups is 1. The van der Waals surface area contributed by atoms with E-state index in [0.29, 0.717) is 6.42 Å². The van der Waals surface area contributed by atoms with Gasteiger partial charge in [0.15, 0.2) is 5.78 Å². The van der Waals surface area contributed by atoms with Crippen molar-refractivity contribution in [1.29, 1.82) is 0 Å². The van der Waals surface area contributed by atoms with Gasteiger partial charge in [-0.3, -0.25) is 4.79 Å². The Kier molecular flexibility index (Phi) is 10.1. The number of hydrogen-bond donors (Lipinski definition) is 1. The number of carbonyl (C=O) groups excluding carboxylic acids is 1. The second-order valence-electron chi connectivity index (χ2n) is 11.1. The van der Waals surface area contributed by atoms with Crippen molar-refractivity contribution < 1.29 is 25.9 Å². The van der Waals surface area contributed by atoms with E-state index in [1.54, 1.807) is 0 Å². The number of aromatic amines is 1. The first-order valence-corrected chi connectivity index (χ1v) is 15.9. The summed E-state index contributed by atoms with van der Waals surface area (Å²) in [6, 6.07) is 3.87. The molecule has 0 aromatic carbocycles. The summed E-state index contributed by atoms with van der Waals surface area (Å²) in [7, 11) is 0. The molecule has 0 fully saturated rings. The number of likely N-dealkylation sites (N-methyl/N-ethyl adjacent to an activating group) is 1. The van der Waals surface area contributed by atoms with Crippen molar-refractivity contribution in [3.8, 4) is 0 Å². The molecule has 1 atom stereocenters. The van der Waals surface area contributed by atoms with E-state index < -0.39 is 0 Å². The summed E-state index contributed by atoms with van der Waals surface area (Å²) in [4.78, 5) is 30.7. The Morgan fingerprint density at radius 3 is 1.79 bits per heavy atom. The van der Waals surface area contributed by atoms with Crippen LogP contribution >= 0.6 is 0 Å². The molecule has 0 saturated carbocycles. The molecule has 0 aliphatic carbocycles. The summed E-state index contributed by atoms with van der Waals surface area (Å²) < 4.78 is 0. The number of H-pyrrole nitrogens is 1. The van der Waals surface area contributed by atoms with Crippen molar-refractivity contribution in [3.05, 3.63) is 78.9 Å². The first-order valence-electron chi connectivity index (χ1n) is 15.9. The van der Waals surface area contributed by atoms with Crippen LogP contribution in [0, 0.1) is 0 Å². The third-order valence-electron chi connectivity index (χ3n) is 9.15. The Hall–Kier alpha value is -2.78. The fourth-order valence-corrected chi connectivity index (χ4v) is 7.28. The molecular formula is C36H46N4OPt. The standard InChI is InChI=1S/C36H46N4O.Pt/c1-9-23-24(10-2)32-27(13-5)33-25(11-3)26(12-4)34(39-33)28(14-6)35-29(15-7)36(41)31(40(35)16-8)20-22-18-17-21(37-22)19-30(23)38-32;/h17-20,31,37H,9-16H2,1-8H3;. The number of rotatable bonds is 8. The summed E-state index contributed by atoms with van der Waals surface area (Å²) in [5.41, 5.74) is 14.2. The van der Waals surface area contributed by atoms with Crippen LogP contribution < -0.4 is 10.7 Å². The molecule has 1 N–H and O–H groups in total. The van der Waals surface area contributed by atoms with Crippen LogP contribution in [0.5, 0.6) is 0 Å². The molecule has 4 aliphatic heterocycles. The third-order valence-corrected chi connectivity index (χ3v) is 9.15. The number of nitrogens with zero attached hydrogens (tertiary/aromatic N) is 3.